The molecule has 0 radical (unpaired) electrons. The molecule has 0 saturated heterocycles. The summed E-state index contributed by atoms with van der Waals surface area (Å²) in [5.74, 6) is 8.33. The van der Waals surface area contributed by atoms with Crippen molar-refractivity contribution in [2.24, 2.45) is 17.3 Å². The highest BCUT2D eigenvalue weighted by Gasteiger charge is 2.17. The molecule has 0 aromatic carbocycles. The molecule has 0 aliphatic heterocycles. The van der Waals surface area contributed by atoms with Gasteiger partial charge in [-0.3, -0.25) is 0 Å². The number of hydrogen-bond donors (Lipinski definition) is 0. The summed E-state index contributed by atoms with van der Waals surface area (Å²) in [5, 5.41) is 0. The van der Waals surface area contributed by atoms with Gasteiger partial charge in [-0.25, -0.2) is 0 Å². The zero-order chi connectivity index (χ0) is 15.6. The molecule has 0 rings (SSSR count). The summed E-state index contributed by atoms with van der Waals surface area (Å²) in [6.45, 7) is 17.6. The summed E-state index contributed by atoms with van der Waals surface area (Å²) in [6.07, 6.45) is 8.67. The molecule has 0 heteroatoms. The van der Waals surface area contributed by atoms with Crippen molar-refractivity contribution in [3.63, 3.8) is 0 Å². The number of hydrogen-bond acceptors (Lipinski definition) is 0. The van der Waals surface area contributed by atoms with Gasteiger partial charge in [0.25, 0.3) is 0 Å². The predicted molar refractivity (Wildman–Crippen MR) is 92.7 cm³/mol. The zero-order valence-electron chi connectivity index (χ0n) is 14.8. The molecule has 2 atom stereocenters. The molecular formula is C20H36. The summed E-state index contributed by atoms with van der Waals surface area (Å²) in [7, 11) is 0. The van der Waals surface area contributed by atoms with E-state index in [2.05, 4.69) is 60.0 Å². The van der Waals surface area contributed by atoms with Crippen molar-refractivity contribution in [1.29, 1.82) is 0 Å². The maximum absolute atomic E-state index is 4.02. The van der Waals surface area contributed by atoms with Crippen LogP contribution in [0, 0.1) is 29.1 Å². The van der Waals surface area contributed by atoms with E-state index in [-0.39, 0.29) is 5.41 Å². The minimum absolute atomic E-state index is 0.184. The first-order valence-electron chi connectivity index (χ1n) is 8.44. The molecule has 2 unspecified atom stereocenters. The van der Waals surface area contributed by atoms with Crippen molar-refractivity contribution in [2.45, 2.75) is 86.5 Å². The molecule has 0 aromatic heterocycles. The fourth-order valence-corrected chi connectivity index (χ4v) is 2.46. The van der Waals surface area contributed by atoms with Crippen molar-refractivity contribution in [2.75, 3.05) is 0 Å². The Kier molecular flexibility index (Phi) is 9.74. The minimum atomic E-state index is 0.184. The Morgan fingerprint density at radius 1 is 1.15 bits per heavy atom. The zero-order valence-corrected chi connectivity index (χ0v) is 14.8. The smallest absolute Gasteiger partial charge is 0.0261 e. The number of allylic oxidation sites excluding steroid dienone is 1. The maximum Gasteiger partial charge on any atom is 0.0261 e. The molecule has 0 bridgehead atoms. The van der Waals surface area contributed by atoms with E-state index in [1.54, 1.807) is 0 Å². The largest absolute Gasteiger partial charge is 0.103 e. The predicted octanol–water partition coefficient (Wildman–Crippen LogP) is 6.61. The summed E-state index contributed by atoms with van der Waals surface area (Å²) in [5.41, 5.74) is 1.50. The highest BCUT2D eigenvalue weighted by Crippen LogP contribution is 2.26. The van der Waals surface area contributed by atoms with Gasteiger partial charge in [-0.05, 0) is 51.9 Å². The van der Waals surface area contributed by atoms with Gasteiger partial charge in [0.1, 0.15) is 0 Å². The van der Waals surface area contributed by atoms with Crippen LogP contribution >= 0.6 is 0 Å². The van der Waals surface area contributed by atoms with Gasteiger partial charge < -0.3 is 0 Å². The first kappa shape index (κ1) is 19.3. The minimum Gasteiger partial charge on any atom is -0.103 e. The van der Waals surface area contributed by atoms with Gasteiger partial charge in [-0.2, -0.15) is 0 Å². The molecule has 0 aromatic rings. The van der Waals surface area contributed by atoms with Crippen LogP contribution in [0.4, 0.5) is 0 Å². The molecule has 0 aliphatic carbocycles. The Morgan fingerprint density at radius 2 is 1.80 bits per heavy atom. The van der Waals surface area contributed by atoms with Crippen molar-refractivity contribution in [1.82, 2.24) is 0 Å². The summed E-state index contributed by atoms with van der Waals surface area (Å²) >= 11 is 0. The van der Waals surface area contributed by atoms with Crippen LogP contribution in [-0.4, -0.2) is 0 Å². The van der Waals surface area contributed by atoms with Gasteiger partial charge in [0, 0.05) is 11.8 Å². The van der Waals surface area contributed by atoms with Crippen LogP contribution in [0.25, 0.3) is 0 Å². The quantitative estimate of drug-likeness (QED) is 0.252. The standard InChI is InChI=1S/C20H36/c1-8-18(4)16-20(6,7)15-13-11-9-10-12-14-19(5)17(2)3/h18-19H,2,8-12,14,16H2,1,3-7H3. The van der Waals surface area contributed by atoms with Crippen molar-refractivity contribution < 1.29 is 0 Å². The molecule has 0 aliphatic rings. The van der Waals surface area contributed by atoms with Gasteiger partial charge >= 0.3 is 0 Å². The third-order valence-electron chi connectivity index (χ3n) is 4.26. The lowest BCUT2D eigenvalue weighted by Crippen LogP contribution is -2.12. The van der Waals surface area contributed by atoms with Gasteiger partial charge in [-0.1, -0.05) is 58.1 Å². The van der Waals surface area contributed by atoms with Crippen LogP contribution in [-0.2, 0) is 0 Å². The van der Waals surface area contributed by atoms with Crippen LogP contribution in [0.5, 0.6) is 0 Å². The number of unbranched alkanes of at least 4 members (excludes halogenated alkanes) is 3. The van der Waals surface area contributed by atoms with E-state index in [1.807, 2.05) is 0 Å². The maximum atomic E-state index is 4.02. The molecule has 0 spiro atoms. The third kappa shape index (κ3) is 10.1. The van der Waals surface area contributed by atoms with Crippen LogP contribution in [0.2, 0.25) is 0 Å². The van der Waals surface area contributed by atoms with E-state index >= 15 is 0 Å². The average Bonchev–Trinajstić information content (AvgIpc) is 2.36. The van der Waals surface area contributed by atoms with E-state index in [4.69, 9.17) is 0 Å². The van der Waals surface area contributed by atoms with Crippen molar-refractivity contribution in [3.05, 3.63) is 12.2 Å². The summed E-state index contributed by atoms with van der Waals surface area (Å²) in [6, 6.07) is 0. The van der Waals surface area contributed by atoms with E-state index in [9.17, 15) is 0 Å². The molecule has 0 heterocycles. The topological polar surface area (TPSA) is 0 Å². The second-order valence-corrected chi connectivity index (χ2v) is 7.25. The Bertz CT molecular complexity index is 324. The second-order valence-electron chi connectivity index (χ2n) is 7.25. The highest BCUT2D eigenvalue weighted by atomic mass is 14.2. The normalized spacial score (nSPS) is 14.3. The van der Waals surface area contributed by atoms with Crippen LogP contribution in [0.3, 0.4) is 0 Å². The first-order valence-corrected chi connectivity index (χ1v) is 8.44. The molecule has 20 heavy (non-hydrogen) atoms. The van der Waals surface area contributed by atoms with Crippen molar-refractivity contribution >= 4 is 0 Å². The molecule has 0 fully saturated rings. The molecule has 0 amide bonds. The van der Waals surface area contributed by atoms with E-state index in [1.165, 1.54) is 44.1 Å². The molecule has 0 N–H and O–H groups in total. The Balaban J connectivity index is 3.79. The van der Waals surface area contributed by atoms with E-state index in [0.29, 0.717) is 5.92 Å². The number of rotatable bonds is 9. The van der Waals surface area contributed by atoms with E-state index < -0.39 is 0 Å². The van der Waals surface area contributed by atoms with Gasteiger partial charge in [0.2, 0.25) is 0 Å². The molecular weight excluding hydrogens is 240 g/mol. The highest BCUT2D eigenvalue weighted by molar-refractivity contribution is 5.09. The Hall–Kier alpha value is -0.700. The van der Waals surface area contributed by atoms with Crippen LogP contribution in [0.15, 0.2) is 12.2 Å². The fourth-order valence-electron chi connectivity index (χ4n) is 2.46. The second kappa shape index (κ2) is 10.1. The van der Waals surface area contributed by atoms with E-state index in [0.717, 1.165) is 12.3 Å². The lowest BCUT2D eigenvalue weighted by atomic mass is 9.83. The van der Waals surface area contributed by atoms with Gasteiger partial charge in [-0.15, -0.1) is 5.92 Å². The first-order chi connectivity index (χ1) is 9.28. The SMILES string of the molecule is C=C(C)C(C)CCCCCC#CC(C)(C)CC(C)CC. The lowest BCUT2D eigenvalue weighted by molar-refractivity contribution is 0.355. The van der Waals surface area contributed by atoms with Gasteiger partial charge in [0.15, 0.2) is 0 Å². The average molecular weight is 277 g/mol. The molecule has 0 nitrogen and oxygen atoms in total. The fraction of sp³-hybridized carbons (Fsp3) is 0.800. The van der Waals surface area contributed by atoms with Gasteiger partial charge in [0.05, 0.1) is 0 Å². The van der Waals surface area contributed by atoms with Crippen LogP contribution in [0.1, 0.15) is 86.5 Å². The Labute approximate surface area is 128 Å². The summed E-state index contributed by atoms with van der Waals surface area (Å²) < 4.78 is 0. The molecule has 0 saturated carbocycles. The van der Waals surface area contributed by atoms with Crippen LogP contribution < -0.4 is 0 Å². The Morgan fingerprint density at radius 3 is 2.35 bits per heavy atom. The summed E-state index contributed by atoms with van der Waals surface area (Å²) in [4.78, 5) is 0. The third-order valence-corrected chi connectivity index (χ3v) is 4.26. The lowest BCUT2D eigenvalue weighted by Gasteiger charge is -2.21. The monoisotopic (exact) mass is 276 g/mol. The molecule has 116 valence electrons. The van der Waals surface area contributed by atoms with Crippen molar-refractivity contribution in [3.8, 4) is 11.8 Å².